The largest absolute Gasteiger partial charge is 0.353 e. The van der Waals surface area contributed by atoms with E-state index >= 15 is 0 Å². The van der Waals surface area contributed by atoms with E-state index in [9.17, 15) is 19.7 Å². The lowest BCUT2D eigenvalue weighted by Gasteiger charge is -2.05. The van der Waals surface area contributed by atoms with Crippen LogP contribution in [-0.2, 0) is 6.54 Å². The number of H-pyrrole nitrogens is 1. The number of benzene rings is 1. The second-order valence-electron chi connectivity index (χ2n) is 4.04. The lowest BCUT2D eigenvalue weighted by atomic mass is 10.2. The van der Waals surface area contributed by atoms with Crippen LogP contribution in [0.2, 0.25) is 0 Å². The smallest absolute Gasteiger partial charge is 0.305 e. The fourth-order valence-electron chi connectivity index (χ4n) is 1.79. The van der Waals surface area contributed by atoms with Gasteiger partial charge >= 0.3 is 16.9 Å². The van der Waals surface area contributed by atoms with Gasteiger partial charge in [-0.1, -0.05) is 30.3 Å². The van der Waals surface area contributed by atoms with Gasteiger partial charge in [-0.15, -0.1) is 0 Å². The zero-order valence-electron chi connectivity index (χ0n) is 10.1. The third-order valence-electron chi connectivity index (χ3n) is 2.71. The maximum Gasteiger partial charge on any atom is 0.353 e. The van der Waals surface area contributed by atoms with Crippen LogP contribution in [0.15, 0.2) is 39.9 Å². The first-order valence-electron chi connectivity index (χ1n) is 5.52. The highest BCUT2D eigenvalue weighted by atomic mass is 16.6. The Kier molecular flexibility index (Phi) is 3.28. The van der Waals surface area contributed by atoms with Gasteiger partial charge in [0.15, 0.2) is 0 Å². The standard InChI is InChI=1S/C12H11N3O4/c1-8-10(15(18)19)11(16)14(12(17)13-8)7-9-5-3-2-4-6-9/h2-6H,7H2,1H3,(H,13,17). The average Bonchev–Trinajstić information content (AvgIpc) is 2.35. The van der Waals surface area contributed by atoms with Crippen molar-refractivity contribution in [3.05, 3.63) is 72.5 Å². The van der Waals surface area contributed by atoms with Crippen LogP contribution in [0.5, 0.6) is 0 Å². The molecule has 1 aromatic carbocycles. The van der Waals surface area contributed by atoms with Gasteiger partial charge in [-0.2, -0.15) is 0 Å². The first-order valence-corrected chi connectivity index (χ1v) is 5.52. The molecule has 1 heterocycles. The molecule has 0 atom stereocenters. The fourth-order valence-corrected chi connectivity index (χ4v) is 1.79. The van der Waals surface area contributed by atoms with Crippen molar-refractivity contribution in [3.8, 4) is 0 Å². The Morgan fingerprint density at radius 1 is 1.26 bits per heavy atom. The van der Waals surface area contributed by atoms with Crippen LogP contribution < -0.4 is 11.2 Å². The van der Waals surface area contributed by atoms with E-state index in [4.69, 9.17) is 0 Å². The first kappa shape index (κ1) is 12.7. The fraction of sp³-hybridized carbons (Fsp3) is 0.167. The predicted molar refractivity (Wildman–Crippen MR) is 68.3 cm³/mol. The van der Waals surface area contributed by atoms with Crippen molar-refractivity contribution < 1.29 is 4.92 Å². The zero-order valence-corrected chi connectivity index (χ0v) is 10.1. The molecule has 0 fully saturated rings. The molecule has 7 nitrogen and oxygen atoms in total. The SMILES string of the molecule is Cc1[nH]c(=O)n(Cc2ccccc2)c(=O)c1[N+](=O)[O-]. The van der Waals surface area contributed by atoms with Gasteiger partial charge in [0.25, 0.3) is 0 Å². The van der Waals surface area contributed by atoms with Gasteiger partial charge in [0.2, 0.25) is 0 Å². The lowest BCUT2D eigenvalue weighted by Crippen LogP contribution is -2.37. The Hall–Kier alpha value is -2.70. The van der Waals surface area contributed by atoms with Crippen LogP contribution in [0, 0.1) is 17.0 Å². The van der Waals surface area contributed by atoms with E-state index in [1.54, 1.807) is 30.3 Å². The van der Waals surface area contributed by atoms with Crippen molar-refractivity contribution in [1.82, 2.24) is 9.55 Å². The number of nitro groups is 1. The van der Waals surface area contributed by atoms with E-state index in [0.717, 1.165) is 4.57 Å². The molecule has 2 aromatic rings. The Bertz CT molecular complexity index is 731. The first-order chi connectivity index (χ1) is 9.00. The summed E-state index contributed by atoms with van der Waals surface area (Å²) in [5.41, 5.74) is -1.47. The Morgan fingerprint density at radius 2 is 1.89 bits per heavy atom. The molecule has 0 saturated heterocycles. The molecule has 1 N–H and O–H groups in total. The minimum atomic E-state index is -0.893. The lowest BCUT2D eigenvalue weighted by molar-refractivity contribution is -0.387. The molecule has 0 unspecified atom stereocenters. The van der Waals surface area contributed by atoms with Crippen LogP contribution in [0.25, 0.3) is 0 Å². The Morgan fingerprint density at radius 3 is 2.47 bits per heavy atom. The summed E-state index contributed by atoms with van der Waals surface area (Å²) in [6, 6.07) is 8.79. The van der Waals surface area contributed by atoms with Crippen LogP contribution in [0.4, 0.5) is 5.69 Å². The molecule has 0 aliphatic heterocycles. The second-order valence-corrected chi connectivity index (χ2v) is 4.04. The summed E-state index contributed by atoms with van der Waals surface area (Å²) >= 11 is 0. The molecule has 0 radical (unpaired) electrons. The van der Waals surface area contributed by atoms with Crippen molar-refractivity contribution >= 4 is 5.69 Å². The molecular formula is C12H11N3O4. The summed E-state index contributed by atoms with van der Waals surface area (Å²) in [5, 5.41) is 10.8. The molecule has 0 aliphatic rings. The van der Waals surface area contributed by atoms with Gasteiger partial charge < -0.3 is 4.98 Å². The molecule has 0 aliphatic carbocycles. The average molecular weight is 261 g/mol. The Balaban J connectivity index is 2.59. The van der Waals surface area contributed by atoms with Gasteiger partial charge in [-0.25, -0.2) is 9.36 Å². The van der Waals surface area contributed by atoms with Crippen LogP contribution in [0.1, 0.15) is 11.3 Å². The normalized spacial score (nSPS) is 10.4. The third-order valence-corrected chi connectivity index (χ3v) is 2.71. The predicted octanol–water partition coefficient (Wildman–Crippen LogP) is 0.802. The van der Waals surface area contributed by atoms with Gasteiger partial charge in [0.05, 0.1) is 11.5 Å². The number of hydrogen-bond acceptors (Lipinski definition) is 4. The number of hydrogen-bond donors (Lipinski definition) is 1. The van der Waals surface area contributed by atoms with Crippen LogP contribution in [0.3, 0.4) is 0 Å². The summed E-state index contributed by atoms with van der Waals surface area (Å²) in [6.45, 7) is 1.32. The van der Waals surface area contributed by atoms with Crippen molar-refractivity contribution in [3.63, 3.8) is 0 Å². The summed E-state index contributed by atoms with van der Waals surface area (Å²) in [5.74, 6) is 0. The van der Waals surface area contributed by atoms with E-state index in [2.05, 4.69) is 4.98 Å². The highest BCUT2D eigenvalue weighted by molar-refractivity contribution is 5.31. The summed E-state index contributed by atoms with van der Waals surface area (Å²) in [6.07, 6.45) is 0. The minimum Gasteiger partial charge on any atom is -0.305 e. The molecule has 0 bridgehead atoms. The zero-order chi connectivity index (χ0) is 14.0. The summed E-state index contributed by atoms with van der Waals surface area (Å²) < 4.78 is 0.820. The molecule has 7 heteroatoms. The molecule has 2 rings (SSSR count). The van der Waals surface area contributed by atoms with Crippen LogP contribution >= 0.6 is 0 Å². The Labute approximate surface area is 107 Å². The second kappa shape index (κ2) is 4.89. The van der Waals surface area contributed by atoms with Gasteiger partial charge in [-0.05, 0) is 12.5 Å². The molecule has 0 spiro atoms. The number of aryl methyl sites for hydroxylation is 1. The van der Waals surface area contributed by atoms with Crippen molar-refractivity contribution in [2.75, 3.05) is 0 Å². The van der Waals surface area contributed by atoms with E-state index in [-0.39, 0.29) is 12.2 Å². The van der Waals surface area contributed by atoms with Crippen molar-refractivity contribution in [2.45, 2.75) is 13.5 Å². The molecule has 19 heavy (non-hydrogen) atoms. The maximum absolute atomic E-state index is 12.0. The van der Waals surface area contributed by atoms with Gasteiger partial charge in [0.1, 0.15) is 5.69 Å². The third kappa shape index (κ3) is 2.44. The van der Waals surface area contributed by atoms with Crippen molar-refractivity contribution in [1.29, 1.82) is 0 Å². The summed E-state index contributed by atoms with van der Waals surface area (Å²) in [7, 11) is 0. The number of aromatic amines is 1. The number of nitrogens with one attached hydrogen (secondary N) is 1. The van der Waals surface area contributed by atoms with E-state index in [1.165, 1.54) is 6.92 Å². The monoisotopic (exact) mass is 261 g/mol. The highest BCUT2D eigenvalue weighted by Gasteiger charge is 2.21. The molecule has 0 saturated carbocycles. The van der Waals surface area contributed by atoms with Crippen LogP contribution in [-0.4, -0.2) is 14.5 Å². The molecular weight excluding hydrogens is 250 g/mol. The maximum atomic E-state index is 12.0. The van der Waals surface area contributed by atoms with E-state index < -0.39 is 21.9 Å². The summed E-state index contributed by atoms with van der Waals surface area (Å²) in [4.78, 5) is 36.0. The molecule has 0 amide bonds. The topological polar surface area (TPSA) is 98.0 Å². The van der Waals surface area contributed by atoms with Gasteiger partial charge in [0, 0.05) is 0 Å². The van der Waals surface area contributed by atoms with Gasteiger partial charge in [-0.3, -0.25) is 14.9 Å². The minimum absolute atomic E-state index is 0.00384. The molecule has 98 valence electrons. The quantitative estimate of drug-likeness (QED) is 0.652. The molecule has 1 aromatic heterocycles. The number of rotatable bonds is 3. The van der Waals surface area contributed by atoms with E-state index in [0.29, 0.717) is 5.56 Å². The highest BCUT2D eigenvalue weighted by Crippen LogP contribution is 2.07. The number of aromatic nitrogens is 2. The van der Waals surface area contributed by atoms with Crippen molar-refractivity contribution in [2.24, 2.45) is 0 Å². The number of nitrogens with zero attached hydrogens (tertiary/aromatic N) is 2. The van der Waals surface area contributed by atoms with E-state index in [1.807, 2.05) is 0 Å².